The second kappa shape index (κ2) is 3.42. The van der Waals surface area contributed by atoms with E-state index in [0.717, 1.165) is 21.3 Å². The van der Waals surface area contributed by atoms with Crippen LogP contribution in [-0.4, -0.2) is 11.6 Å². The number of rotatable bonds is 2. The molecule has 0 aliphatic heterocycles. The molecule has 0 atom stereocenters. The minimum Gasteiger partial charge on any atom is -0.493 e. The fourth-order valence-corrected chi connectivity index (χ4v) is 1.82. The molecule has 0 saturated heterocycles. The Kier molecular flexibility index (Phi) is 2.27. The molecule has 0 amide bonds. The van der Waals surface area contributed by atoms with Crippen molar-refractivity contribution < 1.29 is 4.74 Å². The Bertz CT molecular complexity index is 422. The van der Waals surface area contributed by atoms with Gasteiger partial charge in [-0.15, -0.1) is 0 Å². The fourth-order valence-electron chi connectivity index (χ4n) is 1.37. The van der Waals surface area contributed by atoms with Crippen LogP contribution in [0.4, 0.5) is 0 Å². The zero-order chi connectivity index (χ0) is 9.26. The average Bonchev–Trinajstić information content (AvgIpc) is 2.47. The number of hydrogen-bond acceptors (Lipinski definition) is 1. The summed E-state index contributed by atoms with van der Waals surface area (Å²) in [6.07, 6.45) is 0. The fraction of sp³-hybridized carbons (Fsp3) is 0.200. The molecule has 13 heavy (non-hydrogen) atoms. The van der Waals surface area contributed by atoms with E-state index < -0.39 is 0 Å². The summed E-state index contributed by atoms with van der Waals surface area (Å²) in [5, 5.41) is 1.12. The van der Waals surface area contributed by atoms with Crippen LogP contribution in [0, 0.1) is 0 Å². The molecule has 0 bridgehead atoms. The lowest BCUT2D eigenvalue weighted by Gasteiger charge is -2.02. The minimum atomic E-state index is 0.696. The highest BCUT2D eigenvalue weighted by molar-refractivity contribution is 9.10. The van der Waals surface area contributed by atoms with E-state index in [1.54, 1.807) is 0 Å². The molecular formula is C10H10BrNO. The molecule has 0 spiro atoms. The quantitative estimate of drug-likeness (QED) is 0.855. The van der Waals surface area contributed by atoms with Crippen LogP contribution in [0.15, 0.2) is 28.9 Å². The first-order valence-electron chi connectivity index (χ1n) is 4.21. The average molecular weight is 240 g/mol. The van der Waals surface area contributed by atoms with E-state index in [4.69, 9.17) is 4.74 Å². The molecule has 1 heterocycles. The number of fused-ring (bicyclic) bond motifs is 1. The Hall–Kier alpha value is -0.960. The van der Waals surface area contributed by atoms with Gasteiger partial charge in [0.25, 0.3) is 0 Å². The summed E-state index contributed by atoms with van der Waals surface area (Å²) in [6.45, 7) is 2.68. The lowest BCUT2D eigenvalue weighted by atomic mass is 10.2. The monoisotopic (exact) mass is 239 g/mol. The molecular weight excluding hydrogens is 230 g/mol. The first kappa shape index (κ1) is 8.63. The molecule has 3 heteroatoms. The minimum absolute atomic E-state index is 0.696. The van der Waals surface area contributed by atoms with Crippen LogP contribution in [0.5, 0.6) is 5.75 Å². The third-order valence-electron chi connectivity index (χ3n) is 1.89. The third-order valence-corrected chi connectivity index (χ3v) is 2.32. The summed E-state index contributed by atoms with van der Waals surface area (Å²) in [5.41, 5.74) is 1.10. The van der Waals surface area contributed by atoms with Crippen molar-refractivity contribution in [3.8, 4) is 5.75 Å². The smallest absolute Gasteiger partial charge is 0.128 e. The first-order valence-corrected chi connectivity index (χ1v) is 5.00. The molecule has 2 nitrogen and oxygen atoms in total. The second-order valence-corrected chi connectivity index (χ2v) is 3.62. The third kappa shape index (κ3) is 1.56. The molecule has 0 saturated carbocycles. The van der Waals surface area contributed by atoms with Crippen LogP contribution < -0.4 is 4.74 Å². The van der Waals surface area contributed by atoms with Gasteiger partial charge < -0.3 is 9.72 Å². The van der Waals surface area contributed by atoms with Gasteiger partial charge in [0.1, 0.15) is 5.75 Å². The van der Waals surface area contributed by atoms with E-state index in [0.29, 0.717) is 6.61 Å². The maximum absolute atomic E-state index is 5.49. The summed E-state index contributed by atoms with van der Waals surface area (Å²) in [4.78, 5) is 3.19. The van der Waals surface area contributed by atoms with Crippen LogP contribution in [0.1, 0.15) is 6.92 Å². The van der Waals surface area contributed by atoms with Crippen molar-refractivity contribution >= 4 is 26.8 Å². The zero-order valence-electron chi connectivity index (χ0n) is 7.30. The van der Waals surface area contributed by atoms with Crippen LogP contribution in [0.2, 0.25) is 0 Å². The molecule has 2 rings (SSSR count). The number of nitrogens with one attached hydrogen (secondary N) is 1. The summed E-state index contributed by atoms with van der Waals surface area (Å²) < 4.78 is 6.47. The molecule has 1 aromatic carbocycles. The topological polar surface area (TPSA) is 25.0 Å². The predicted octanol–water partition coefficient (Wildman–Crippen LogP) is 3.33. The van der Waals surface area contributed by atoms with E-state index >= 15 is 0 Å². The number of halogens is 1. The van der Waals surface area contributed by atoms with Gasteiger partial charge in [-0.25, -0.2) is 0 Å². The number of aromatic nitrogens is 1. The van der Waals surface area contributed by atoms with Crippen LogP contribution >= 0.6 is 15.9 Å². The molecule has 1 N–H and O–H groups in total. The van der Waals surface area contributed by atoms with Gasteiger partial charge in [0.2, 0.25) is 0 Å². The van der Waals surface area contributed by atoms with Crippen LogP contribution in [-0.2, 0) is 0 Å². The van der Waals surface area contributed by atoms with Crippen molar-refractivity contribution in [1.82, 2.24) is 4.98 Å². The molecule has 0 radical (unpaired) electrons. The Balaban J connectivity index is 2.60. The van der Waals surface area contributed by atoms with Gasteiger partial charge in [-0.1, -0.05) is 6.07 Å². The van der Waals surface area contributed by atoms with E-state index in [1.165, 1.54) is 0 Å². The standard InChI is InChI=1S/C10H10BrNO/c1-2-13-9-5-3-4-8-7(9)6-10(11)12-8/h3-6,12H,2H2,1H3. The Morgan fingerprint density at radius 3 is 3.08 bits per heavy atom. The molecule has 0 fully saturated rings. The lowest BCUT2D eigenvalue weighted by molar-refractivity contribution is 0.344. The van der Waals surface area contributed by atoms with Gasteiger partial charge in [0, 0.05) is 10.9 Å². The number of ether oxygens (including phenoxy) is 1. The second-order valence-electron chi connectivity index (χ2n) is 2.77. The van der Waals surface area contributed by atoms with Crippen molar-refractivity contribution in [2.75, 3.05) is 6.61 Å². The van der Waals surface area contributed by atoms with E-state index in [2.05, 4.69) is 20.9 Å². The van der Waals surface area contributed by atoms with Gasteiger partial charge >= 0.3 is 0 Å². The largest absolute Gasteiger partial charge is 0.493 e. The number of H-pyrrole nitrogens is 1. The highest BCUT2D eigenvalue weighted by atomic mass is 79.9. The van der Waals surface area contributed by atoms with E-state index in [-0.39, 0.29) is 0 Å². The van der Waals surface area contributed by atoms with Gasteiger partial charge in [0.15, 0.2) is 0 Å². The van der Waals surface area contributed by atoms with Crippen molar-refractivity contribution in [3.63, 3.8) is 0 Å². The van der Waals surface area contributed by atoms with Crippen molar-refractivity contribution in [2.24, 2.45) is 0 Å². The van der Waals surface area contributed by atoms with Gasteiger partial charge in [-0.2, -0.15) is 0 Å². The van der Waals surface area contributed by atoms with E-state index in [1.807, 2.05) is 31.2 Å². The van der Waals surface area contributed by atoms with Crippen LogP contribution in [0.25, 0.3) is 10.9 Å². The van der Waals surface area contributed by atoms with Gasteiger partial charge in [-0.05, 0) is 41.1 Å². The Labute approximate surface area is 85.0 Å². The summed E-state index contributed by atoms with van der Waals surface area (Å²) >= 11 is 3.40. The Morgan fingerprint density at radius 2 is 2.31 bits per heavy atom. The molecule has 1 aromatic heterocycles. The van der Waals surface area contributed by atoms with Crippen molar-refractivity contribution in [3.05, 3.63) is 28.9 Å². The predicted molar refractivity (Wildman–Crippen MR) is 57.2 cm³/mol. The maximum atomic E-state index is 5.49. The highest BCUT2D eigenvalue weighted by Gasteiger charge is 2.03. The molecule has 68 valence electrons. The number of benzene rings is 1. The molecule has 0 unspecified atom stereocenters. The molecule has 2 aromatic rings. The van der Waals surface area contributed by atoms with Gasteiger partial charge in [0.05, 0.1) is 11.2 Å². The molecule has 0 aliphatic carbocycles. The summed E-state index contributed by atoms with van der Waals surface area (Å²) in [7, 11) is 0. The summed E-state index contributed by atoms with van der Waals surface area (Å²) in [5.74, 6) is 0.932. The van der Waals surface area contributed by atoms with Crippen molar-refractivity contribution in [2.45, 2.75) is 6.92 Å². The number of hydrogen-bond donors (Lipinski definition) is 1. The van der Waals surface area contributed by atoms with E-state index in [9.17, 15) is 0 Å². The zero-order valence-corrected chi connectivity index (χ0v) is 8.89. The van der Waals surface area contributed by atoms with Gasteiger partial charge in [-0.3, -0.25) is 0 Å². The normalized spacial score (nSPS) is 10.6. The SMILES string of the molecule is CCOc1cccc2[nH]c(Br)cc12. The maximum Gasteiger partial charge on any atom is 0.128 e. The van der Waals surface area contributed by atoms with Crippen molar-refractivity contribution in [1.29, 1.82) is 0 Å². The van der Waals surface area contributed by atoms with Crippen LogP contribution in [0.3, 0.4) is 0 Å². The highest BCUT2D eigenvalue weighted by Crippen LogP contribution is 2.27. The molecule has 0 aliphatic rings. The summed E-state index contributed by atoms with van der Waals surface area (Å²) in [6, 6.07) is 8.02. The lowest BCUT2D eigenvalue weighted by Crippen LogP contribution is -1.90. The number of aromatic amines is 1. The Morgan fingerprint density at radius 1 is 1.46 bits per heavy atom. The first-order chi connectivity index (χ1) is 6.31.